The second kappa shape index (κ2) is 7.09. The molecule has 0 heterocycles. The standard InChI is InChI=1S/C14H20FNO3/c1-9(2)13(8-17)16-14(18)10(3)19-12-6-4-11(15)5-7-12/h4-7,9-10,13,17H,8H2,1-3H3,(H,16,18). The quantitative estimate of drug-likeness (QED) is 0.827. The van der Waals surface area contributed by atoms with Crippen molar-refractivity contribution in [1.82, 2.24) is 5.32 Å². The number of hydrogen-bond acceptors (Lipinski definition) is 3. The molecule has 0 aliphatic heterocycles. The van der Waals surface area contributed by atoms with Crippen LogP contribution >= 0.6 is 0 Å². The zero-order valence-electron chi connectivity index (χ0n) is 11.4. The maximum atomic E-state index is 12.7. The van der Waals surface area contributed by atoms with Gasteiger partial charge in [-0.1, -0.05) is 13.8 Å². The topological polar surface area (TPSA) is 58.6 Å². The first kappa shape index (κ1) is 15.4. The van der Waals surface area contributed by atoms with Crippen LogP contribution in [0.2, 0.25) is 0 Å². The minimum atomic E-state index is -0.710. The number of nitrogens with one attached hydrogen (secondary N) is 1. The number of aliphatic hydroxyl groups excluding tert-OH is 1. The predicted molar refractivity (Wildman–Crippen MR) is 70.3 cm³/mol. The summed E-state index contributed by atoms with van der Waals surface area (Å²) in [5.41, 5.74) is 0. The molecule has 2 atom stereocenters. The fourth-order valence-corrected chi connectivity index (χ4v) is 1.49. The van der Waals surface area contributed by atoms with Gasteiger partial charge in [-0.2, -0.15) is 0 Å². The van der Waals surface area contributed by atoms with E-state index in [9.17, 15) is 9.18 Å². The van der Waals surface area contributed by atoms with Gasteiger partial charge in [0, 0.05) is 0 Å². The molecule has 2 unspecified atom stereocenters. The van der Waals surface area contributed by atoms with E-state index in [-0.39, 0.29) is 30.3 Å². The van der Waals surface area contributed by atoms with Gasteiger partial charge >= 0.3 is 0 Å². The third kappa shape index (κ3) is 4.87. The Morgan fingerprint density at radius 3 is 2.37 bits per heavy atom. The minimum absolute atomic E-state index is 0.118. The van der Waals surface area contributed by atoms with E-state index in [0.29, 0.717) is 5.75 Å². The Hall–Kier alpha value is -1.62. The summed E-state index contributed by atoms with van der Waals surface area (Å²) in [6, 6.07) is 5.16. The van der Waals surface area contributed by atoms with E-state index in [2.05, 4.69) is 5.32 Å². The van der Waals surface area contributed by atoms with Crippen molar-refractivity contribution in [1.29, 1.82) is 0 Å². The number of carbonyl (C=O) groups is 1. The molecule has 4 nitrogen and oxygen atoms in total. The molecule has 106 valence electrons. The third-order valence-corrected chi connectivity index (χ3v) is 2.82. The van der Waals surface area contributed by atoms with Crippen LogP contribution in [-0.4, -0.2) is 29.8 Å². The first-order valence-electron chi connectivity index (χ1n) is 6.27. The van der Waals surface area contributed by atoms with Crippen molar-refractivity contribution in [2.24, 2.45) is 5.92 Å². The Bertz CT molecular complexity index is 406. The molecule has 0 aliphatic rings. The molecule has 2 N–H and O–H groups in total. The lowest BCUT2D eigenvalue weighted by atomic mass is 10.1. The number of ether oxygens (including phenoxy) is 1. The molecule has 0 bridgehead atoms. The van der Waals surface area contributed by atoms with E-state index in [1.807, 2.05) is 13.8 Å². The van der Waals surface area contributed by atoms with Crippen LogP contribution in [0.3, 0.4) is 0 Å². The van der Waals surface area contributed by atoms with Crippen molar-refractivity contribution >= 4 is 5.91 Å². The van der Waals surface area contributed by atoms with E-state index in [1.54, 1.807) is 6.92 Å². The van der Waals surface area contributed by atoms with Gasteiger partial charge in [0.25, 0.3) is 5.91 Å². The lowest BCUT2D eigenvalue weighted by Gasteiger charge is -2.22. The number of aliphatic hydroxyl groups is 1. The van der Waals surface area contributed by atoms with E-state index in [1.165, 1.54) is 24.3 Å². The first-order chi connectivity index (χ1) is 8.93. The molecule has 0 fully saturated rings. The highest BCUT2D eigenvalue weighted by Gasteiger charge is 2.20. The molecular formula is C14H20FNO3. The number of hydrogen-bond donors (Lipinski definition) is 2. The Kier molecular flexibility index (Phi) is 5.76. The number of benzene rings is 1. The lowest BCUT2D eigenvalue weighted by Crippen LogP contribution is -2.46. The van der Waals surface area contributed by atoms with E-state index < -0.39 is 6.10 Å². The lowest BCUT2D eigenvalue weighted by molar-refractivity contribution is -0.128. The van der Waals surface area contributed by atoms with Crippen molar-refractivity contribution in [3.05, 3.63) is 30.1 Å². The molecule has 1 rings (SSSR count). The molecule has 5 heteroatoms. The van der Waals surface area contributed by atoms with Crippen LogP contribution < -0.4 is 10.1 Å². The summed E-state index contributed by atoms with van der Waals surface area (Å²) >= 11 is 0. The maximum Gasteiger partial charge on any atom is 0.261 e. The molecule has 1 amide bonds. The fourth-order valence-electron chi connectivity index (χ4n) is 1.49. The van der Waals surface area contributed by atoms with E-state index >= 15 is 0 Å². The third-order valence-electron chi connectivity index (χ3n) is 2.82. The van der Waals surface area contributed by atoms with Crippen molar-refractivity contribution in [2.45, 2.75) is 32.9 Å². The van der Waals surface area contributed by atoms with Crippen molar-refractivity contribution in [3.8, 4) is 5.75 Å². The number of rotatable bonds is 6. The zero-order chi connectivity index (χ0) is 14.4. The predicted octanol–water partition coefficient (Wildman–Crippen LogP) is 1.73. The number of halogens is 1. The van der Waals surface area contributed by atoms with Gasteiger partial charge in [0.1, 0.15) is 11.6 Å². The van der Waals surface area contributed by atoms with Crippen LogP contribution in [0.15, 0.2) is 24.3 Å². The Balaban J connectivity index is 2.55. The summed E-state index contributed by atoms with van der Waals surface area (Å²) in [7, 11) is 0. The highest BCUT2D eigenvalue weighted by Crippen LogP contribution is 2.13. The van der Waals surface area contributed by atoms with Crippen LogP contribution in [0.25, 0.3) is 0 Å². The zero-order valence-corrected chi connectivity index (χ0v) is 11.4. The second-order valence-electron chi connectivity index (χ2n) is 4.76. The van der Waals surface area contributed by atoms with Crippen LogP contribution in [0.1, 0.15) is 20.8 Å². The van der Waals surface area contributed by atoms with Gasteiger partial charge in [-0.05, 0) is 37.1 Å². The average Bonchev–Trinajstić information content (AvgIpc) is 2.37. The monoisotopic (exact) mass is 269 g/mol. The number of carbonyl (C=O) groups excluding carboxylic acids is 1. The van der Waals surface area contributed by atoms with E-state index in [4.69, 9.17) is 9.84 Å². The van der Waals surface area contributed by atoms with Crippen LogP contribution in [0.5, 0.6) is 5.75 Å². The smallest absolute Gasteiger partial charge is 0.261 e. The van der Waals surface area contributed by atoms with Gasteiger partial charge in [0.15, 0.2) is 6.10 Å². The van der Waals surface area contributed by atoms with Crippen molar-refractivity contribution in [2.75, 3.05) is 6.61 Å². The SMILES string of the molecule is CC(Oc1ccc(F)cc1)C(=O)NC(CO)C(C)C. The van der Waals surface area contributed by atoms with Gasteiger partial charge in [0.2, 0.25) is 0 Å². The van der Waals surface area contributed by atoms with Crippen LogP contribution in [-0.2, 0) is 4.79 Å². The molecule has 1 aromatic rings. The van der Waals surface area contributed by atoms with Gasteiger partial charge in [-0.3, -0.25) is 4.79 Å². The summed E-state index contributed by atoms with van der Waals surface area (Å²) < 4.78 is 18.1. The van der Waals surface area contributed by atoms with Crippen LogP contribution in [0, 0.1) is 11.7 Å². The Morgan fingerprint density at radius 1 is 1.32 bits per heavy atom. The van der Waals surface area contributed by atoms with Crippen molar-refractivity contribution < 1.29 is 19.0 Å². The number of amides is 1. The van der Waals surface area contributed by atoms with Crippen LogP contribution in [0.4, 0.5) is 4.39 Å². The second-order valence-corrected chi connectivity index (χ2v) is 4.76. The Morgan fingerprint density at radius 2 is 1.89 bits per heavy atom. The molecule has 0 saturated heterocycles. The summed E-state index contributed by atoms with van der Waals surface area (Å²) in [6.45, 7) is 5.31. The molecule has 0 aromatic heterocycles. The highest BCUT2D eigenvalue weighted by atomic mass is 19.1. The van der Waals surface area contributed by atoms with Gasteiger partial charge in [0.05, 0.1) is 12.6 Å². The molecule has 0 spiro atoms. The van der Waals surface area contributed by atoms with Gasteiger partial charge < -0.3 is 15.2 Å². The maximum absolute atomic E-state index is 12.7. The van der Waals surface area contributed by atoms with Gasteiger partial charge in [-0.25, -0.2) is 4.39 Å². The average molecular weight is 269 g/mol. The summed E-state index contributed by atoms with van der Waals surface area (Å²) in [4.78, 5) is 11.9. The molecule has 0 saturated carbocycles. The van der Waals surface area contributed by atoms with Crippen molar-refractivity contribution in [3.63, 3.8) is 0 Å². The van der Waals surface area contributed by atoms with E-state index in [0.717, 1.165) is 0 Å². The molecule has 1 aromatic carbocycles. The fraction of sp³-hybridized carbons (Fsp3) is 0.500. The minimum Gasteiger partial charge on any atom is -0.481 e. The Labute approximate surface area is 112 Å². The molecule has 19 heavy (non-hydrogen) atoms. The highest BCUT2D eigenvalue weighted by molar-refractivity contribution is 5.81. The molecule has 0 radical (unpaired) electrons. The molecule has 0 aliphatic carbocycles. The summed E-state index contributed by atoms with van der Waals surface area (Å²) in [6.07, 6.45) is -0.710. The largest absolute Gasteiger partial charge is 0.481 e. The summed E-state index contributed by atoms with van der Waals surface area (Å²) in [5.74, 6) is -0.109. The normalized spacial score (nSPS) is 14.0. The first-order valence-corrected chi connectivity index (χ1v) is 6.27. The molecular weight excluding hydrogens is 249 g/mol. The summed E-state index contributed by atoms with van der Waals surface area (Å²) in [5, 5.41) is 11.9. The van der Waals surface area contributed by atoms with Gasteiger partial charge in [-0.15, -0.1) is 0 Å².